The lowest BCUT2D eigenvalue weighted by atomic mass is 10.3. The van der Waals surface area contributed by atoms with E-state index >= 15 is 0 Å². The molecule has 9 heavy (non-hydrogen) atoms. The molecule has 0 fully saturated rings. The van der Waals surface area contributed by atoms with Gasteiger partial charge in [-0.2, -0.15) is 0 Å². The molecule has 0 atom stereocenters. The summed E-state index contributed by atoms with van der Waals surface area (Å²) in [5, 5.41) is 0. The Hall–Kier alpha value is -0.780. The van der Waals surface area contributed by atoms with E-state index in [9.17, 15) is 0 Å². The lowest BCUT2D eigenvalue weighted by molar-refractivity contribution is 1.28. The molecular formula is C9H11. The Labute approximate surface area is 56.6 Å². The zero-order valence-corrected chi connectivity index (χ0v) is 5.51. The molecule has 1 aliphatic rings. The zero-order chi connectivity index (χ0) is 6.36. The Kier molecular flexibility index (Phi) is 2.91. The third-order valence-corrected chi connectivity index (χ3v) is 1.24. The average Bonchev–Trinajstić information content (AvgIpc) is 2.00. The van der Waals surface area contributed by atoms with Crippen molar-refractivity contribution in [2.75, 3.05) is 0 Å². The standard InChI is InChI=1S/C9H11/c1-2-4-6-8-9-7-5-3-1/h1-2,5-7H,3-4,9H2/b2-1-,7-5-,8-6?. The van der Waals surface area contributed by atoms with Crippen LogP contribution < -0.4 is 0 Å². The largest absolute Gasteiger partial charge is 0.0844 e. The molecular weight excluding hydrogens is 108 g/mol. The van der Waals surface area contributed by atoms with Crippen molar-refractivity contribution in [1.29, 1.82) is 0 Å². The highest BCUT2D eigenvalue weighted by atomic mass is 13.8. The van der Waals surface area contributed by atoms with E-state index in [0.29, 0.717) is 0 Å². The molecule has 0 aromatic rings. The van der Waals surface area contributed by atoms with E-state index in [1.165, 1.54) is 0 Å². The van der Waals surface area contributed by atoms with Gasteiger partial charge in [-0.1, -0.05) is 30.4 Å². The Morgan fingerprint density at radius 3 is 2.67 bits per heavy atom. The van der Waals surface area contributed by atoms with E-state index in [1.807, 2.05) is 0 Å². The number of allylic oxidation sites excluding steroid dienone is 6. The highest BCUT2D eigenvalue weighted by Crippen LogP contribution is 1.96. The van der Waals surface area contributed by atoms with Crippen molar-refractivity contribution < 1.29 is 0 Å². The van der Waals surface area contributed by atoms with Gasteiger partial charge >= 0.3 is 0 Å². The van der Waals surface area contributed by atoms with Crippen LogP contribution in [-0.4, -0.2) is 0 Å². The fourth-order valence-electron chi connectivity index (χ4n) is 0.753. The highest BCUT2D eigenvalue weighted by molar-refractivity contribution is 4.99. The molecule has 0 N–H and O–H groups in total. The smallest absolute Gasteiger partial charge is 0.00977 e. The van der Waals surface area contributed by atoms with Gasteiger partial charge < -0.3 is 0 Å². The van der Waals surface area contributed by atoms with Gasteiger partial charge in [-0.25, -0.2) is 0 Å². The van der Waals surface area contributed by atoms with Crippen molar-refractivity contribution in [3.05, 3.63) is 36.5 Å². The fourth-order valence-corrected chi connectivity index (χ4v) is 0.753. The molecule has 1 rings (SSSR count). The first-order chi connectivity index (χ1) is 4.50. The monoisotopic (exact) mass is 119 g/mol. The number of hydrogen-bond donors (Lipinski definition) is 0. The van der Waals surface area contributed by atoms with Gasteiger partial charge in [-0.3, -0.25) is 0 Å². The second kappa shape index (κ2) is 4.13. The van der Waals surface area contributed by atoms with E-state index in [4.69, 9.17) is 0 Å². The minimum Gasteiger partial charge on any atom is -0.0844 e. The summed E-state index contributed by atoms with van der Waals surface area (Å²) < 4.78 is 0. The van der Waals surface area contributed by atoms with Crippen LogP contribution in [0.3, 0.4) is 0 Å². The molecule has 1 aliphatic carbocycles. The second-order valence-electron chi connectivity index (χ2n) is 2.03. The number of hydrogen-bond acceptors (Lipinski definition) is 0. The summed E-state index contributed by atoms with van der Waals surface area (Å²) in [6, 6.07) is 0. The van der Waals surface area contributed by atoms with E-state index in [1.54, 1.807) is 0 Å². The van der Waals surface area contributed by atoms with Crippen molar-refractivity contribution in [3.63, 3.8) is 0 Å². The molecule has 0 heteroatoms. The first-order valence-electron chi connectivity index (χ1n) is 3.35. The Morgan fingerprint density at radius 2 is 1.67 bits per heavy atom. The number of rotatable bonds is 0. The van der Waals surface area contributed by atoms with Crippen LogP contribution in [0.1, 0.15) is 19.3 Å². The lowest BCUT2D eigenvalue weighted by Gasteiger charge is -1.76. The summed E-state index contributed by atoms with van der Waals surface area (Å²) >= 11 is 0. The van der Waals surface area contributed by atoms with Crippen molar-refractivity contribution in [1.82, 2.24) is 0 Å². The third kappa shape index (κ3) is 2.91. The van der Waals surface area contributed by atoms with E-state index in [2.05, 4.69) is 36.5 Å². The second-order valence-corrected chi connectivity index (χ2v) is 2.03. The van der Waals surface area contributed by atoms with Gasteiger partial charge in [0.2, 0.25) is 0 Å². The maximum absolute atomic E-state index is 3.16. The van der Waals surface area contributed by atoms with Gasteiger partial charge in [0.05, 0.1) is 0 Å². The zero-order valence-electron chi connectivity index (χ0n) is 5.51. The molecule has 0 aliphatic heterocycles. The summed E-state index contributed by atoms with van der Waals surface area (Å²) in [6.45, 7) is 0. The van der Waals surface area contributed by atoms with Crippen molar-refractivity contribution >= 4 is 0 Å². The topological polar surface area (TPSA) is 0 Å². The molecule has 1 radical (unpaired) electrons. The van der Waals surface area contributed by atoms with Crippen LogP contribution >= 0.6 is 0 Å². The predicted molar refractivity (Wildman–Crippen MR) is 39.9 cm³/mol. The van der Waals surface area contributed by atoms with Crippen LogP contribution in [0.4, 0.5) is 0 Å². The van der Waals surface area contributed by atoms with Gasteiger partial charge in [0.15, 0.2) is 0 Å². The van der Waals surface area contributed by atoms with E-state index in [-0.39, 0.29) is 0 Å². The molecule has 0 nitrogen and oxygen atoms in total. The quantitative estimate of drug-likeness (QED) is 0.430. The van der Waals surface area contributed by atoms with Crippen LogP contribution in [-0.2, 0) is 0 Å². The minimum absolute atomic E-state index is 0.974. The summed E-state index contributed by atoms with van der Waals surface area (Å²) in [5.41, 5.74) is 0. The van der Waals surface area contributed by atoms with E-state index in [0.717, 1.165) is 19.3 Å². The molecule has 0 saturated carbocycles. The van der Waals surface area contributed by atoms with Crippen LogP contribution in [0.15, 0.2) is 30.4 Å². The predicted octanol–water partition coefficient (Wildman–Crippen LogP) is 2.64. The first-order valence-corrected chi connectivity index (χ1v) is 3.35. The fraction of sp³-hybridized carbons (Fsp3) is 0.333. The van der Waals surface area contributed by atoms with Gasteiger partial charge in [0.25, 0.3) is 0 Å². The maximum atomic E-state index is 3.16. The summed E-state index contributed by atoms with van der Waals surface area (Å²) in [4.78, 5) is 0. The normalized spacial score (nSPS) is 29.3. The Morgan fingerprint density at radius 1 is 0.889 bits per heavy atom. The molecule has 0 saturated heterocycles. The van der Waals surface area contributed by atoms with Gasteiger partial charge in [-0.05, 0) is 25.3 Å². The molecule has 0 heterocycles. The molecule has 0 amide bonds. The van der Waals surface area contributed by atoms with Crippen molar-refractivity contribution in [2.24, 2.45) is 0 Å². The van der Waals surface area contributed by atoms with Crippen LogP contribution in [0.25, 0.3) is 0 Å². The van der Waals surface area contributed by atoms with Crippen molar-refractivity contribution in [3.8, 4) is 0 Å². The summed E-state index contributed by atoms with van der Waals surface area (Å²) in [6.07, 6.45) is 17.0. The summed E-state index contributed by atoms with van der Waals surface area (Å²) in [7, 11) is 0. The molecule has 0 unspecified atom stereocenters. The lowest BCUT2D eigenvalue weighted by Crippen LogP contribution is -1.57. The first kappa shape index (κ1) is 6.34. The Bertz CT molecular complexity index is 97.6. The van der Waals surface area contributed by atoms with Crippen LogP contribution in [0.5, 0.6) is 0 Å². The van der Waals surface area contributed by atoms with Gasteiger partial charge in [0.1, 0.15) is 0 Å². The summed E-state index contributed by atoms with van der Waals surface area (Å²) in [5.74, 6) is 0. The maximum Gasteiger partial charge on any atom is -0.00977 e. The van der Waals surface area contributed by atoms with Crippen molar-refractivity contribution in [2.45, 2.75) is 19.3 Å². The molecule has 0 spiro atoms. The Balaban J connectivity index is 2.43. The molecule has 0 aromatic carbocycles. The molecule has 0 aromatic heterocycles. The minimum atomic E-state index is 0.974. The van der Waals surface area contributed by atoms with E-state index < -0.39 is 0 Å². The van der Waals surface area contributed by atoms with Gasteiger partial charge in [0, 0.05) is 0 Å². The van der Waals surface area contributed by atoms with Gasteiger partial charge in [-0.15, -0.1) is 0 Å². The third-order valence-electron chi connectivity index (χ3n) is 1.24. The van der Waals surface area contributed by atoms with Crippen LogP contribution in [0.2, 0.25) is 0 Å². The average molecular weight is 119 g/mol. The molecule has 47 valence electrons. The molecule has 0 bridgehead atoms. The van der Waals surface area contributed by atoms with Crippen LogP contribution in [0, 0.1) is 6.08 Å². The highest BCUT2D eigenvalue weighted by Gasteiger charge is 1.76. The SMILES string of the molecule is [C]1=C\C/C=C\C/C=C\C/1.